The van der Waals surface area contributed by atoms with Crippen LogP contribution in [0.15, 0.2) is 24.5 Å². The van der Waals surface area contributed by atoms with E-state index < -0.39 is 5.97 Å². The van der Waals surface area contributed by atoms with Crippen molar-refractivity contribution in [3.05, 3.63) is 30.1 Å². The monoisotopic (exact) mass is 333 g/mol. The largest absolute Gasteiger partial charge is 0.481 e. The van der Waals surface area contributed by atoms with Gasteiger partial charge in [-0.1, -0.05) is 0 Å². The van der Waals surface area contributed by atoms with E-state index in [2.05, 4.69) is 9.88 Å². The van der Waals surface area contributed by atoms with E-state index in [-0.39, 0.29) is 18.2 Å². The van der Waals surface area contributed by atoms with Crippen molar-refractivity contribution >= 4 is 11.9 Å². The summed E-state index contributed by atoms with van der Waals surface area (Å²) in [5.41, 5.74) is 1.11. The van der Waals surface area contributed by atoms with E-state index in [0.717, 1.165) is 24.9 Å². The fourth-order valence-corrected chi connectivity index (χ4v) is 3.48. The van der Waals surface area contributed by atoms with E-state index in [1.54, 1.807) is 12.4 Å². The number of rotatable bonds is 7. The Labute approximate surface area is 143 Å². The zero-order chi connectivity index (χ0) is 17.5. The quantitative estimate of drug-likeness (QED) is 0.821. The van der Waals surface area contributed by atoms with Crippen molar-refractivity contribution in [3.8, 4) is 0 Å². The lowest BCUT2D eigenvalue weighted by Gasteiger charge is -2.41. The summed E-state index contributed by atoms with van der Waals surface area (Å²) in [4.78, 5) is 31.5. The molecule has 1 aromatic rings. The number of likely N-dealkylation sites (tertiary alicyclic amines) is 1. The van der Waals surface area contributed by atoms with Gasteiger partial charge >= 0.3 is 5.97 Å². The van der Waals surface area contributed by atoms with Gasteiger partial charge in [0.05, 0.1) is 0 Å². The number of nitrogens with zero attached hydrogens (tertiary/aromatic N) is 3. The van der Waals surface area contributed by atoms with Gasteiger partial charge in [0, 0.05) is 44.4 Å². The Morgan fingerprint density at radius 1 is 1.29 bits per heavy atom. The van der Waals surface area contributed by atoms with Gasteiger partial charge in [0.2, 0.25) is 5.91 Å². The second kappa shape index (κ2) is 8.78. The maximum Gasteiger partial charge on any atom is 0.303 e. The number of carboxylic acids is 1. The third-order valence-electron chi connectivity index (χ3n) is 4.82. The third kappa shape index (κ3) is 5.30. The van der Waals surface area contributed by atoms with Gasteiger partial charge in [-0.15, -0.1) is 0 Å². The number of carbonyl (C=O) groups is 2. The number of carboxylic acid groups (broad SMARTS) is 1. The van der Waals surface area contributed by atoms with Crippen molar-refractivity contribution in [2.45, 2.75) is 38.1 Å². The van der Waals surface area contributed by atoms with Crippen molar-refractivity contribution in [1.82, 2.24) is 14.8 Å². The Morgan fingerprint density at radius 2 is 2.00 bits per heavy atom. The average Bonchev–Trinajstić information content (AvgIpc) is 2.58. The highest BCUT2D eigenvalue weighted by molar-refractivity contribution is 5.76. The maximum atomic E-state index is 12.5. The van der Waals surface area contributed by atoms with Gasteiger partial charge in [0.15, 0.2) is 0 Å². The van der Waals surface area contributed by atoms with Gasteiger partial charge in [-0.2, -0.15) is 0 Å². The van der Waals surface area contributed by atoms with Crippen LogP contribution in [0, 0.1) is 5.92 Å². The van der Waals surface area contributed by atoms with Gasteiger partial charge in [-0.3, -0.25) is 14.6 Å². The Bertz CT molecular complexity index is 548. The van der Waals surface area contributed by atoms with Crippen LogP contribution in [-0.4, -0.2) is 65.0 Å². The second-order valence-electron chi connectivity index (χ2n) is 6.71. The van der Waals surface area contributed by atoms with E-state index in [0.29, 0.717) is 25.4 Å². The van der Waals surface area contributed by atoms with Crippen LogP contribution in [0.25, 0.3) is 0 Å². The molecule has 0 aliphatic carbocycles. The van der Waals surface area contributed by atoms with Crippen molar-refractivity contribution in [2.75, 3.05) is 27.2 Å². The van der Waals surface area contributed by atoms with E-state index in [4.69, 9.17) is 5.11 Å². The van der Waals surface area contributed by atoms with Crippen LogP contribution in [0.5, 0.6) is 0 Å². The zero-order valence-corrected chi connectivity index (χ0v) is 14.5. The Kier molecular flexibility index (Phi) is 6.73. The van der Waals surface area contributed by atoms with Crippen LogP contribution in [-0.2, 0) is 16.0 Å². The van der Waals surface area contributed by atoms with Crippen LogP contribution in [0.1, 0.15) is 31.2 Å². The summed E-state index contributed by atoms with van der Waals surface area (Å²) in [5.74, 6) is -0.396. The number of pyridine rings is 1. The maximum absolute atomic E-state index is 12.5. The summed E-state index contributed by atoms with van der Waals surface area (Å²) < 4.78 is 0. The first-order chi connectivity index (χ1) is 11.5. The molecular formula is C18H27N3O3. The predicted octanol–water partition coefficient (Wildman–Crippen LogP) is 1.66. The first-order valence-electron chi connectivity index (χ1n) is 8.52. The highest BCUT2D eigenvalue weighted by Crippen LogP contribution is 2.25. The zero-order valence-electron chi connectivity index (χ0n) is 14.5. The van der Waals surface area contributed by atoms with Crippen LogP contribution < -0.4 is 0 Å². The normalized spacial score (nSPS) is 21.0. The van der Waals surface area contributed by atoms with Gasteiger partial charge in [-0.05, 0) is 57.0 Å². The van der Waals surface area contributed by atoms with Crippen molar-refractivity contribution in [1.29, 1.82) is 0 Å². The minimum Gasteiger partial charge on any atom is -0.481 e. The number of carbonyl (C=O) groups excluding carboxylic acids is 1. The number of piperidine rings is 1. The van der Waals surface area contributed by atoms with Crippen LogP contribution in [0.2, 0.25) is 0 Å². The minimum atomic E-state index is -0.770. The summed E-state index contributed by atoms with van der Waals surface area (Å²) in [6.45, 7) is 1.41. The fraction of sp³-hybridized carbons (Fsp3) is 0.611. The SMILES string of the molecule is CN(C)C1CCN(C(=O)CCc2ccncc2)CC1CCC(=O)O. The highest BCUT2D eigenvalue weighted by Gasteiger charge is 2.32. The molecule has 2 atom stereocenters. The molecule has 24 heavy (non-hydrogen) atoms. The van der Waals surface area contributed by atoms with E-state index in [9.17, 15) is 9.59 Å². The first-order valence-corrected chi connectivity index (χ1v) is 8.52. The molecule has 1 aromatic heterocycles. The lowest BCUT2D eigenvalue weighted by atomic mass is 9.87. The second-order valence-corrected chi connectivity index (χ2v) is 6.71. The standard InChI is InChI=1S/C18H27N3O3/c1-20(2)16-9-12-21(13-15(16)4-6-18(23)24)17(22)5-3-14-7-10-19-11-8-14/h7-8,10-11,15-16H,3-6,9,12-13H2,1-2H3,(H,23,24). The molecule has 0 radical (unpaired) electrons. The number of amides is 1. The first kappa shape index (κ1) is 18.4. The molecule has 0 bridgehead atoms. The Balaban J connectivity index is 1.90. The summed E-state index contributed by atoms with van der Waals surface area (Å²) in [6.07, 6.45) is 6.37. The molecule has 1 amide bonds. The molecule has 1 aliphatic heterocycles. The van der Waals surface area contributed by atoms with Crippen molar-refractivity contribution in [2.24, 2.45) is 5.92 Å². The van der Waals surface area contributed by atoms with Gasteiger partial charge in [-0.25, -0.2) is 0 Å². The predicted molar refractivity (Wildman–Crippen MR) is 91.6 cm³/mol. The fourth-order valence-electron chi connectivity index (χ4n) is 3.48. The Hall–Kier alpha value is -1.95. The molecule has 2 rings (SSSR count). The van der Waals surface area contributed by atoms with E-state index in [1.165, 1.54) is 0 Å². The summed E-state index contributed by atoms with van der Waals surface area (Å²) in [7, 11) is 4.05. The molecule has 0 saturated carbocycles. The molecule has 0 spiro atoms. The smallest absolute Gasteiger partial charge is 0.303 e. The van der Waals surface area contributed by atoms with Crippen LogP contribution >= 0.6 is 0 Å². The molecule has 6 nitrogen and oxygen atoms in total. The molecule has 1 saturated heterocycles. The number of aromatic nitrogens is 1. The molecular weight excluding hydrogens is 306 g/mol. The minimum absolute atomic E-state index is 0.157. The lowest BCUT2D eigenvalue weighted by Crippen LogP contribution is -2.50. The summed E-state index contributed by atoms with van der Waals surface area (Å²) in [5, 5.41) is 8.96. The number of hydrogen-bond donors (Lipinski definition) is 1. The van der Waals surface area contributed by atoms with Gasteiger partial charge in [0.1, 0.15) is 0 Å². The molecule has 1 fully saturated rings. The van der Waals surface area contributed by atoms with Crippen LogP contribution in [0.3, 0.4) is 0 Å². The topological polar surface area (TPSA) is 73.7 Å². The van der Waals surface area contributed by atoms with Crippen molar-refractivity contribution in [3.63, 3.8) is 0 Å². The van der Waals surface area contributed by atoms with Gasteiger partial charge < -0.3 is 14.9 Å². The number of aliphatic carboxylic acids is 1. The van der Waals surface area contributed by atoms with Crippen molar-refractivity contribution < 1.29 is 14.7 Å². The lowest BCUT2D eigenvalue weighted by molar-refractivity contribution is -0.137. The number of aryl methyl sites for hydroxylation is 1. The highest BCUT2D eigenvalue weighted by atomic mass is 16.4. The molecule has 6 heteroatoms. The van der Waals surface area contributed by atoms with Gasteiger partial charge in [0.25, 0.3) is 0 Å². The van der Waals surface area contributed by atoms with E-state index >= 15 is 0 Å². The molecule has 2 unspecified atom stereocenters. The number of hydrogen-bond acceptors (Lipinski definition) is 4. The third-order valence-corrected chi connectivity index (χ3v) is 4.82. The van der Waals surface area contributed by atoms with E-state index in [1.807, 2.05) is 31.1 Å². The molecule has 2 heterocycles. The molecule has 0 aromatic carbocycles. The summed E-state index contributed by atoms with van der Waals surface area (Å²) >= 11 is 0. The van der Waals surface area contributed by atoms with Crippen LogP contribution in [0.4, 0.5) is 0 Å². The molecule has 132 valence electrons. The molecule has 1 aliphatic rings. The summed E-state index contributed by atoms with van der Waals surface area (Å²) in [6, 6.07) is 4.20. The Morgan fingerprint density at radius 3 is 2.62 bits per heavy atom. The molecule has 1 N–H and O–H groups in total. The average molecular weight is 333 g/mol.